The lowest BCUT2D eigenvalue weighted by atomic mass is 10.2. The third-order valence-corrected chi connectivity index (χ3v) is 4.87. The lowest BCUT2D eigenvalue weighted by Crippen LogP contribution is -2.09. The molecule has 0 aliphatic rings. The van der Waals surface area contributed by atoms with Crippen molar-refractivity contribution in [1.29, 1.82) is 0 Å². The molecular formula is C18H12Br2N6O2. The Balaban J connectivity index is 1.71. The van der Waals surface area contributed by atoms with Gasteiger partial charge >= 0.3 is 0 Å². The zero-order valence-corrected chi connectivity index (χ0v) is 17.3. The standard InChI is InChI=1S/C18H12Br2N6O2/c19-11-1-3-15(21-5-11)25-8-14(23-10-25)17(28)18-24-13(9-27)7-26(18)16-4-2-12(20)6-22-16/h1-10,17,28H. The summed E-state index contributed by atoms with van der Waals surface area (Å²) in [6.45, 7) is 0. The first kappa shape index (κ1) is 18.7. The van der Waals surface area contributed by atoms with Gasteiger partial charge in [0.1, 0.15) is 23.7 Å². The number of aliphatic hydroxyl groups excluding tert-OH is 1. The fourth-order valence-corrected chi connectivity index (χ4v) is 3.08. The van der Waals surface area contributed by atoms with Crippen LogP contribution in [0.5, 0.6) is 0 Å². The summed E-state index contributed by atoms with van der Waals surface area (Å²) in [5.74, 6) is 1.42. The molecule has 0 saturated heterocycles. The molecule has 4 aromatic heterocycles. The quantitative estimate of drug-likeness (QED) is 0.420. The van der Waals surface area contributed by atoms with Crippen LogP contribution in [0.1, 0.15) is 28.1 Å². The zero-order valence-electron chi connectivity index (χ0n) is 14.1. The second-order valence-electron chi connectivity index (χ2n) is 5.79. The van der Waals surface area contributed by atoms with Crippen LogP contribution in [0.4, 0.5) is 0 Å². The minimum absolute atomic E-state index is 0.188. The van der Waals surface area contributed by atoms with Crippen molar-refractivity contribution in [3.63, 3.8) is 0 Å². The van der Waals surface area contributed by atoms with E-state index in [1.165, 1.54) is 6.20 Å². The molecule has 0 saturated carbocycles. The number of pyridine rings is 2. The molecule has 0 amide bonds. The van der Waals surface area contributed by atoms with E-state index in [1.54, 1.807) is 40.1 Å². The Morgan fingerprint density at radius 1 is 0.964 bits per heavy atom. The van der Waals surface area contributed by atoms with Crippen LogP contribution < -0.4 is 0 Å². The highest BCUT2D eigenvalue weighted by Gasteiger charge is 2.22. The molecule has 0 aliphatic heterocycles. The van der Waals surface area contributed by atoms with Gasteiger partial charge in [-0.1, -0.05) is 0 Å². The summed E-state index contributed by atoms with van der Waals surface area (Å²) in [5, 5.41) is 10.9. The van der Waals surface area contributed by atoms with Gasteiger partial charge in [0.25, 0.3) is 0 Å². The van der Waals surface area contributed by atoms with E-state index in [0.717, 1.165) is 8.95 Å². The number of imidazole rings is 2. The highest BCUT2D eigenvalue weighted by Crippen LogP contribution is 2.24. The molecule has 1 atom stereocenters. The Labute approximate surface area is 176 Å². The Bertz CT molecular complexity index is 1120. The Morgan fingerprint density at radius 2 is 1.64 bits per heavy atom. The first-order chi connectivity index (χ1) is 13.5. The predicted molar refractivity (Wildman–Crippen MR) is 108 cm³/mol. The van der Waals surface area contributed by atoms with Gasteiger partial charge in [0.2, 0.25) is 0 Å². The normalized spacial score (nSPS) is 12.1. The van der Waals surface area contributed by atoms with Gasteiger partial charge < -0.3 is 5.11 Å². The number of halogens is 2. The van der Waals surface area contributed by atoms with Crippen LogP contribution in [0.2, 0.25) is 0 Å². The molecule has 0 radical (unpaired) electrons. The van der Waals surface area contributed by atoms with Crippen molar-refractivity contribution in [2.24, 2.45) is 0 Å². The maximum absolute atomic E-state index is 11.2. The lowest BCUT2D eigenvalue weighted by molar-refractivity contribution is 0.111. The number of nitrogens with zero attached hydrogens (tertiary/aromatic N) is 6. The smallest absolute Gasteiger partial charge is 0.170 e. The molecule has 0 aliphatic carbocycles. The number of aldehydes is 1. The van der Waals surface area contributed by atoms with Crippen LogP contribution in [-0.4, -0.2) is 40.5 Å². The SMILES string of the molecule is O=Cc1cn(-c2ccc(Br)cn2)c(C(O)c2cn(-c3ccc(Br)cn3)cn2)n1. The van der Waals surface area contributed by atoms with Crippen LogP contribution in [0.15, 0.2) is 64.3 Å². The number of hydrogen-bond donors (Lipinski definition) is 1. The fraction of sp³-hybridized carbons (Fsp3) is 0.0556. The molecule has 140 valence electrons. The second kappa shape index (κ2) is 7.74. The van der Waals surface area contributed by atoms with Gasteiger partial charge in [-0.3, -0.25) is 13.9 Å². The molecule has 10 heteroatoms. The van der Waals surface area contributed by atoms with E-state index < -0.39 is 6.10 Å². The van der Waals surface area contributed by atoms with Crippen LogP contribution in [-0.2, 0) is 0 Å². The molecule has 4 aromatic rings. The monoisotopic (exact) mass is 502 g/mol. The van der Waals surface area contributed by atoms with E-state index in [9.17, 15) is 9.90 Å². The number of rotatable bonds is 5. The molecule has 0 fully saturated rings. The van der Waals surface area contributed by atoms with Gasteiger partial charge in [0.05, 0.1) is 5.69 Å². The predicted octanol–water partition coefficient (Wildman–Crippen LogP) is 3.27. The van der Waals surface area contributed by atoms with Crippen LogP contribution >= 0.6 is 31.9 Å². The summed E-state index contributed by atoms with van der Waals surface area (Å²) in [5.41, 5.74) is 0.555. The van der Waals surface area contributed by atoms with Crippen LogP contribution in [0.25, 0.3) is 11.6 Å². The molecule has 0 bridgehead atoms. The maximum Gasteiger partial charge on any atom is 0.170 e. The van der Waals surface area contributed by atoms with E-state index in [1.807, 2.05) is 18.2 Å². The number of hydrogen-bond acceptors (Lipinski definition) is 6. The Hall–Kier alpha value is -2.69. The molecule has 4 heterocycles. The van der Waals surface area contributed by atoms with E-state index in [4.69, 9.17) is 0 Å². The first-order valence-corrected chi connectivity index (χ1v) is 9.64. The summed E-state index contributed by atoms with van der Waals surface area (Å²) in [7, 11) is 0. The third kappa shape index (κ3) is 3.66. The highest BCUT2D eigenvalue weighted by molar-refractivity contribution is 9.10. The third-order valence-electron chi connectivity index (χ3n) is 3.93. The first-order valence-electron chi connectivity index (χ1n) is 8.05. The largest absolute Gasteiger partial charge is 0.379 e. The van der Waals surface area contributed by atoms with E-state index in [2.05, 4.69) is 51.8 Å². The van der Waals surface area contributed by atoms with Crippen molar-refractivity contribution < 1.29 is 9.90 Å². The lowest BCUT2D eigenvalue weighted by Gasteiger charge is -2.11. The topological polar surface area (TPSA) is 98.7 Å². The average Bonchev–Trinajstić information content (AvgIpc) is 3.36. The Morgan fingerprint density at radius 3 is 2.25 bits per heavy atom. The molecule has 8 nitrogen and oxygen atoms in total. The molecule has 4 rings (SSSR count). The van der Waals surface area contributed by atoms with Crippen molar-refractivity contribution >= 4 is 38.1 Å². The molecule has 1 N–H and O–H groups in total. The van der Waals surface area contributed by atoms with Gasteiger partial charge in [-0.05, 0) is 56.1 Å². The summed E-state index contributed by atoms with van der Waals surface area (Å²) in [4.78, 5) is 28.3. The number of carbonyl (C=O) groups excluding carboxylic acids is 1. The van der Waals surface area contributed by atoms with E-state index in [-0.39, 0.29) is 11.5 Å². The number of carbonyl (C=O) groups is 1. The van der Waals surface area contributed by atoms with E-state index >= 15 is 0 Å². The van der Waals surface area contributed by atoms with Crippen molar-refractivity contribution in [1.82, 2.24) is 29.1 Å². The van der Waals surface area contributed by atoms with Gasteiger partial charge in [0, 0.05) is 33.7 Å². The van der Waals surface area contributed by atoms with Crippen molar-refractivity contribution in [2.75, 3.05) is 0 Å². The van der Waals surface area contributed by atoms with Crippen LogP contribution in [0, 0.1) is 0 Å². The summed E-state index contributed by atoms with van der Waals surface area (Å²) >= 11 is 6.68. The Kier molecular flexibility index (Phi) is 5.16. The second-order valence-corrected chi connectivity index (χ2v) is 7.62. The van der Waals surface area contributed by atoms with Gasteiger partial charge in [0.15, 0.2) is 18.2 Å². The van der Waals surface area contributed by atoms with Crippen LogP contribution in [0.3, 0.4) is 0 Å². The maximum atomic E-state index is 11.2. The van der Waals surface area contributed by atoms with Gasteiger partial charge in [-0.2, -0.15) is 0 Å². The van der Waals surface area contributed by atoms with Crippen molar-refractivity contribution in [2.45, 2.75) is 6.10 Å². The summed E-state index contributed by atoms with van der Waals surface area (Å²) in [6.07, 6.45) is 7.50. The fourth-order valence-electron chi connectivity index (χ4n) is 2.61. The van der Waals surface area contributed by atoms with Gasteiger partial charge in [-0.15, -0.1) is 0 Å². The number of aromatic nitrogens is 6. The van der Waals surface area contributed by atoms with E-state index in [0.29, 0.717) is 23.6 Å². The van der Waals surface area contributed by atoms with Crippen molar-refractivity contribution in [3.8, 4) is 11.6 Å². The minimum atomic E-state index is -1.16. The molecule has 0 spiro atoms. The summed E-state index contributed by atoms with van der Waals surface area (Å²) < 4.78 is 4.94. The summed E-state index contributed by atoms with van der Waals surface area (Å²) in [6, 6.07) is 7.24. The molecular weight excluding hydrogens is 492 g/mol. The molecule has 1 unspecified atom stereocenters. The average molecular weight is 504 g/mol. The number of aliphatic hydroxyl groups is 1. The minimum Gasteiger partial charge on any atom is -0.379 e. The molecule has 0 aromatic carbocycles. The zero-order chi connectivity index (χ0) is 19.7. The highest BCUT2D eigenvalue weighted by atomic mass is 79.9. The van der Waals surface area contributed by atoms with Crippen molar-refractivity contribution in [3.05, 3.63) is 81.5 Å². The molecule has 28 heavy (non-hydrogen) atoms. The van der Waals surface area contributed by atoms with Gasteiger partial charge in [-0.25, -0.2) is 19.9 Å².